The minimum Gasteiger partial charge on any atom is -0.480 e. The molecular weight excluding hydrogens is 200 g/mol. The fourth-order valence-electron chi connectivity index (χ4n) is 0.688. The molecule has 1 aromatic rings. The predicted molar refractivity (Wildman–Crippen MR) is 58.2 cm³/mol. The van der Waals surface area contributed by atoms with Crippen LogP contribution in [0.4, 0.5) is 0 Å². The monoisotopic (exact) mass is 216 g/mol. The van der Waals surface area contributed by atoms with Crippen LogP contribution in [0.2, 0.25) is 0 Å². The highest BCUT2D eigenvalue weighted by atomic mass is 32.1. The van der Waals surface area contributed by atoms with Crippen LogP contribution >= 0.6 is 11.3 Å². The Kier molecular flexibility index (Phi) is 8.11. The van der Waals surface area contributed by atoms with E-state index in [2.05, 4.69) is 0 Å². The number of carbonyl (C=O) groups is 1. The first-order valence-corrected chi connectivity index (χ1v) is 5.28. The fraction of sp³-hybridized carbons (Fsp3) is 0.444. The zero-order valence-corrected chi connectivity index (χ0v) is 8.74. The van der Waals surface area contributed by atoms with Crippen molar-refractivity contribution in [3.63, 3.8) is 0 Å². The maximum Gasteiger partial charge on any atom is 0.320 e. The minimum atomic E-state index is -0.955. The topological polar surface area (TPSA) is 89.3 Å². The number of rotatable bonds is 4. The summed E-state index contributed by atoms with van der Waals surface area (Å²) in [6, 6.07) is 3.29. The lowest BCUT2D eigenvalue weighted by molar-refractivity contribution is -0.138. The van der Waals surface area contributed by atoms with E-state index in [1.54, 1.807) is 11.3 Å². The van der Waals surface area contributed by atoms with Crippen molar-refractivity contribution in [1.29, 1.82) is 0 Å². The Bertz CT molecular complexity index is 210. The summed E-state index contributed by atoms with van der Waals surface area (Å²) in [5.74, 6) is -0.955. The van der Waals surface area contributed by atoms with E-state index in [1.807, 2.05) is 22.9 Å². The van der Waals surface area contributed by atoms with E-state index >= 15 is 0 Å². The maximum absolute atomic E-state index is 10.0. The van der Waals surface area contributed by atoms with Crippen LogP contribution in [0.5, 0.6) is 0 Å². The van der Waals surface area contributed by atoms with E-state index in [-0.39, 0.29) is 0 Å². The number of thiophene rings is 1. The van der Waals surface area contributed by atoms with Gasteiger partial charge in [-0.15, -0.1) is 0 Å². The predicted octanol–water partition coefficient (Wildman–Crippen LogP) is 0.885. The lowest BCUT2D eigenvalue weighted by atomic mass is 10.2. The second-order valence-corrected chi connectivity index (χ2v) is 3.49. The minimum absolute atomic E-state index is 0.464. The van der Waals surface area contributed by atoms with Gasteiger partial charge in [0.1, 0.15) is 6.04 Å². The molecule has 0 spiro atoms. The Labute approximate surface area is 87.5 Å². The summed E-state index contributed by atoms with van der Waals surface area (Å²) in [7, 11) is 0. The first-order chi connectivity index (χ1) is 6.68. The molecule has 1 rings (SSSR count). The van der Waals surface area contributed by atoms with E-state index in [9.17, 15) is 4.79 Å². The van der Waals surface area contributed by atoms with Gasteiger partial charge in [0.25, 0.3) is 0 Å². The van der Waals surface area contributed by atoms with E-state index in [1.165, 1.54) is 0 Å². The molecule has 0 saturated carbocycles. The second kappa shape index (κ2) is 8.68. The molecule has 5 N–H and O–H groups in total. The van der Waals surface area contributed by atoms with Crippen LogP contribution in [-0.4, -0.2) is 23.7 Å². The van der Waals surface area contributed by atoms with Gasteiger partial charge in [0, 0.05) is 0 Å². The Hall–Kier alpha value is -0.910. The van der Waals surface area contributed by atoms with Gasteiger partial charge in [-0.2, -0.15) is 11.3 Å². The third kappa shape index (κ3) is 7.72. The van der Waals surface area contributed by atoms with Crippen molar-refractivity contribution in [2.24, 2.45) is 11.5 Å². The molecule has 1 unspecified atom stereocenters. The maximum atomic E-state index is 10.0. The number of carboxylic acids is 1. The standard InChI is InChI=1S/C5H12N2O2.C4H4S/c6-3-1-2-4(7)5(8)9;1-2-4-5-3-1/h4H,1-3,6-7H2,(H,8,9);1-4H. The number of nitrogens with two attached hydrogens (primary N) is 2. The summed E-state index contributed by atoms with van der Waals surface area (Å²) >= 11 is 1.71. The molecule has 0 aliphatic carbocycles. The van der Waals surface area contributed by atoms with Gasteiger partial charge in [0.2, 0.25) is 0 Å². The van der Waals surface area contributed by atoms with Gasteiger partial charge < -0.3 is 16.6 Å². The summed E-state index contributed by atoms with van der Waals surface area (Å²) in [5.41, 5.74) is 10.3. The van der Waals surface area contributed by atoms with Crippen molar-refractivity contribution in [2.75, 3.05) is 6.54 Å². The molecule has 14 heavy (non-hydrogen) atoms. The van der Waals surface area contributed by atoms with E-state index in [0.717, 1.165) is 0 Å². The zero-order valence-electron chi connectivity index (χ0n) is 7.93. The molecule has 0 aromatic carbocycles. The van der Waals surface area contributed by atoms with Crippen molar-refractivity contribution in [2.45, 2.75) is 18.9 Å². The van der Waals surface area contributed by atoms with Gasteiger partial charge in [0.05, 0.1) is 0 Å². The van der Waals surface area contributed by atoms with E-state index in [4.69, 9.17) is 16.6 Å². The highest BCUT2D eigenvalue weighted by Crippen LogP contribution is 1.91. The zero-order chi connectivity index (χ0) is 10.8. The van der Waals surface area contributed by atoms with E-state index in [0.29, 0.717) is 19.4 Å². The Balaban J connectivity index is 0.000000280. The molecule has 80 valence electrons. The van der Waals surface area contributed by atoms with Crippen LogP contribution in [0.25, 0.3) is 0 Å². The Morgan fingerprint density at radius 2 is 2.00 bits per heavy atom. The van der Waals surface area contributed by atoms with E-state index < -0.39 is 12.0 Å². The molecule has 0 saturated heterocycles. The normalized spacial score (nSPS) is 11.3. The number of carboxylic acid groups (broad SMARTS) is 1. The third-order valence-corrected chi connectivity index (χ3v) is 2.09. The highest BCUT2D eigenvalue weighted by molar-refractivity contribution is 7.07. The number of hydrogen-bond acceptors (Lipinski definition) is 4. The van der Waals surface area contributed by atoms with Crippen molar-refractivity contribution >= 4 is 17.3 Å². The summed E-state index contributed by atoms with van der Waals surface area (Å²) in [6.07, 6.45) is 1.14. The molecule has 0 radical (unpaired) electrons. The number of aliphatic carboxylic acids is 1. The lowest BCUT2D eigenvalue weighted by Gasteiger charge is -2.02. The van der Waals surface area contributed by atoms with Crippen molar-refractivity contribution < 1.29 is 9.90 Å². The molecule has 4 nitrogen and oxygen atoms in total. The van der Waals surface area contributed by atoms with Crippen LogP contribution < -0.4 is 11.5 Å². The Morgan fingerprint density at radius 1 is 1.43 bits per heavy atom. The van der Waals surface area contributed by atoms with Crippen molar-refractivity contribution in [3.05, 3.63) is 22.9 Å². The van der Waals surface area contributed by atoms with Gasteiger partial charge in [0.15, 0.2) is 0 Å². The Morgan fingerprint density at radius 3 is 2.29 bits per heavy atom. The average Bonchev–Trinajstić information content (AvgIpc) is 2.71. The molecule has 0 bridgehead atoms. The van der Waals surface area contributed by atoms with Crippen LogP contribution in [0.15, 0.2) is 22.9 Å². The van der Waals surface area contributed by atoms with Gasteiger partial charge in [-0.3, -0.25) is 4.79 Å². The summed E-state index contributed by atoms with van der Waals surface area (Å²) in [5, 5.41) is 12.3. The fourth-order valence-corrected chi connectivity index (χ4v) is 1.14. The van der Waals surface area contributed by atoms with Crippen LogP contribution in [0.1, 0.15) is 12.8 Å². The highest BCUT2D eigenvalue weighted by Gasteiger charge is 2.08. The number of hydrogen-bond donors (Lipinski definition) is 3. The van der Waals surface area contributed by atoms with Crippen LogP contribution in [0.3, 0.4) is 0 Å². The van der Waals surface area contributed by atoms with Gasteiger partial charge in [-0.1, -0.05) is 12.1 Å². The van der Waals surface area contributed by atoms with Crippen LogP contribution in [-0.2, 0) is 4.79 Å². The molecule has 5 heteroatoms. The summed E-state index contributed by atoms with van der Waals surface area (Å²) in [6.45, 7) is 0.501. The quantitative estimate of drug-likeness (QED) is 0.697. The smallest absolute Gasteiger partial charge is 0.320 e. The second-order valence-electron chi connectivity index (χ2n) is 2.67. The molecule has 0 aliphatic heterocycles. The molecule has 0 fully saturated rings. The molecule has 0 aliphatic rings. The summed E-state index contributed by atoms with van der Waals surface area (Å²) in [4.78, 5) is 10.0. The molecule has 1 aromatic heterocycles. The van der Waals surface area contributed by atoms with Crippen molar-refractivity contribution in [1.82, 2.24) is 0 Å². The third-order valence-electron chi connectivity index (χ3n) is 1.46. The van der Waals surface area contributed by atoms with Crippen LogP contribution in [0, 0.1) is 0 Å². The SMILES string of the molecule is NCCCC(N)C(=O)O.c1ccsc1. The average molecular weight is 216 g/mol. The molecule has 0 amide bonds. The van der Waals surface area contributed by atoms with Gasteiger partial charge in [-0.25, -0.2) is 0 Å². The molecular formula is C9H16N2O2S. The molecule has 1 heterocycles. The first-order valence-electron chi connectivity index (χ1n) is 4.34. The summed E-state index contributed by atoms with van der Waals surface area (Å²) < 4.78 is 0. The first kappa shape index (κ1) is 13.1. The molecule has 1 atom stereocenters. The largest absolute Gasteiger partial charge is 0.480 e. The lowest BCUT2D eigenvalue weighted by Crippen LogP contribution is -2.30. The van der Waals surface area contributed by atoms with Crippen molar-refractivity contribution in [3.8, 4) is 0 Å². The van der Waals surface area contributed by atoms with Gasteiger partial charge in [-0.05, 0) is 30.1 Å². The van der Waals surface area contributed by atoms with Gasteiger partial charge >= 0.3 is 5.97 Å².